The molecule has 1 amide bonds. The van der Waals surface area contributed by atoms with Crippen molar-refractivity contribution < 1.29 is 35.5 Å². The summed E-state index contributed by atoms with van der Waals surface area (Å²) in [7, 11) is -2.39. The van der Waals surface area contributed by atoms with Crippen LogP contribution in [-0.2, 0) is 20.8 Å². The third kappa shape index (κ3) is 6.66. The molecule has 0 unspecified atom stereocenters. The number of benzene rings is 1. The van der Waals surface area contributed by atoms with Crippen molar-refractivity contribution in [2.45, 2.75) is 31.0 Å². The zero-order valence-corrected chi connectivity index (χ0v) is 21.7. The fourth-order valence-corrected chi connectivity index (χ4v) is 4.85. The van der Waals surface area contributed by atoms with Crippen LogP contribution >= 0.6 is 0 Å². The number of aromatic nitrogens is 2. The van der Waals surface area contributed by atoms with Gasteiger partial charge >= 0.3 is 6.18 Å². The number of hydrogen-bond acceptors (Lipinski definition) is 8. The minimum Gasteiger partial charge on any atom is -0.383 e. The lowest BCUT2D eigenvalue weighted by Crippen LogP contribution is -2.56. The number of alkyl halides is 3. The summed E-state index contributed by atoms with van der Waals surface area (Å²) in [6, 6.07) is 3.44. The normalized spacial score (nSPS) is 16.8. The van der Waals surface area contributed by atoms with Crippen molar-refractivity contribution in [2.75, 3.05) is 56.0 Å². The number of halogens is 4. The van der Waals surface area contributed by atoms with Crippen molar-refractivity contribution in [3.63, 3.8) is 0 Å². The van der Waals surface area contributed by atoms with Crippen LogP contribution in [0.15, 0.2) is 29.3 Å². The highest BCUT2D eigenvalue weighted by atomic mass is 32.2. The lowest BCUT2D eigenvalue weighted by molar-refractivity contribution is -0.141. The van der Waals surface area contributed by atoms with Gasteiger partial charge in [0.15, 0.2) is 15.5 Å². The molecule has 0 aliphatic carbocycles. The Bertz CT molecular complexity index is 1240. The Kier molecular flexibility index (Phi) is 8.63. The summed E-state index contributed by atoms with van der Waals surface area (Å²) in [5.41, 5.74) is -1.55. The minimum atomic E-state index is -4.89. The molecule has 204 valence electrons. The minimum absolute atomic E-state index is 0.0240. The molecule has 1 aliphatic heterocycles. The summed E-state index contributed by atoms with van der Waals surface area (Å²) in [5, 5.41) is 2.35. The number of carbonyl (C=O) groups excluding carboxylic acids is 1. The molecule has 0 spiro atoms. The van der Waals surface area contributed by atoms with E-state index in [4.69, 9.17) is 4.74 Å². The summed E-state index contributed by atoms with van der Waals surface area (Å²) in [5.74, 6) is -2.05. The Morgan fingerprint density at radius 2 is 1.97 bits per heavy atom. The van der Waals surface area contributed by atoms with Gasteiger partial charge in [-0.15, -0.1) is 0 Å². The molecule has 0 radical (unpaired) electrons. The number of ether oxygens (including phenoxy) is 1. The van der Waals surface area contributed by atoms with Crippen LogP contribution in [0.4, 0.5) is 29.2 Å². The van der Waals surface area contributed by atoms with Crippen LogP contribution in [0.1, 0.15) is 29.9 Å². The molecule has 2 heterocycles. The Labute approximate surface area is 212 Å². The number of hydrogen-bond donors (Lipinski definition) is 1. The van der Waals surface area contributed by atoms with Crippen LogP contribution in [0.2, 0.25) is 0 Å². The molecular formula is C23H29F4N5O4S. The molecule has 0 saturated carbocycles. The number of methoxy groups -OCH3 is 1. The summed E-state index contributed by atoms with van der Waals surface area (Å²) in [6.45, 7) is 4.73. The van der Waals surface area contributed by atoms with Crippen molar-refractivity contribution >= 4 is 27.4 Å². The molecule has 1 aromatic heterocycles. The van der Waals surface area contributed by atoms with Crippen LogP contribution < -0.4 is 15.1 Å². The van der Waals surface area contributed by atoms with Crippen LogP contribution in [0, 0.1) is 11.7 Å². The Morgan fingerprint density at radius 1 is 1.27 bits per heavy atom. The largest absolute Gasteiger partial charge is 0.434 e. The molecule has 3 rings (SSSR count). The summed E-state index contributed by atoms with van der Waals surface area (Å²) in [4.78, 5) is 23.2. The zero-order chi connectivity index (χ0) is 27.5. The monoisotopic (exact) mass is 547 g/mol. The number of carbonyl (C=O) groups is 1. The second-order valence-electron chi connectivity index (χ2n) is 9.02. The molecule has 9 nitrogen and oxygen atoms in total. The van der Waals surface area contributed by atoms with E-state index in [1.807, 2.05) is 18.7 Å². The van der Waals surface area contributed by atoms with Crippen molar-refractivity contribution in [2.24, 2.45) is 5.92 Å². The second kappa shape index (κ2) is 11.2. The molecule has 2 aromatic rings. The predicted molar refractivity (Wildman–Crippen MR) is 129 cm³/mol. The van der Waals surface area contributed by atoms with Crippen LogP contribution in [-0.4, -0.2) is 76.5 Å². The molecule has 1 saturated heterocycles. The van der Waals surface area contributed by atoms with Crippen LogP contribution in [0.5, 0.6) is 0 Å². The van der Waals surface area contributed by atoms with E-state index in [2.05, 4.69) is 15.3 Å². The smallest absolute Gasteiger partial charge is 0.383 e. The van der Waals surface area contributed by atoms with E-state index in [-0.39, 0.29) is 37.6 Å². The zero-order valence-electron chi connectivity index (χ0n) is 20.8. The topological polar surface area (TPSA) is 105 Å². The van der Waals surface area contributed by atoms with Gasteiger partial charge in [0.25, 0.3) is 5.91 Å². The quantitative estimate of drug-likeness (QED) is 0.398. The van der Waals surface area contributed by atoms with E-state index in [9.17, 15) is 30.8 Å². The van der Waals surface area contributed by atoms with Gasteiger partial charge in [0.1, 0.15) is 10.7 Å². The number of anilines is 2. The lowest BCUT2D eigenvalue weighted by Gasteiger charge is -2.44. The molecule has 37 heavy (non-hydrogen) atoms. The maximum Gasteiger partial charge on any atom is 0.434 e. The van der Waals surface area contributed by atoms with E-state index in [0.29, 0.717) is 18.8 Å². The van der Waals surface area contributed by atoms with E-state index in [0.717, 1.165) is 18.5 Å². The van der Waals surface area contributed by atoms with Crippen LogP contribution in [0.3, 0.4) is 0 Å². The number of piperazine rings is 1. The number of rotatable bonds is 8. The summed E-state index contributed by atoms with van der Waals surface area (Å²) < 4.78 is 84.3. The molecule has 1 fully saturated rings. The first-order valence-corrected chi connectivity index (χ1v) is 13.4. The van der Waals surface area contributed by atoms with Gasteiger partial charge in [0.2, 0.25) is 5.95 Å². The van der Waals surface area contributed by atoms with Gasteiger partial charge in [-0.3, -0.25) is 4.79 Å². The highest BCUT2D eigenvalue weighted by molar-refractivity contribution is 7.90. The standard InChI is InChI=1S/C23H29F4N5O4S/c1-14(2)18-13-31(15-5-6-17(24)19(11-15)37(4,34)35)8-9-32(18)22-29-12-16(20(30-22)23(25,26)27)21(33)28-7-10-36-3/h5-6,11-12,14,18H,7-10,13H2,1-4H3,(H,28,33)/t18-/m0/s1. The highest BCUT2D eigenvalue weighted by Crippen LogP contribution is 2.33. The van der Waals surface area contributed by atoms with E-state index < -0.39 is 43.9 Å². The highest BCUT2D eigenvalue weighted by Gasteiger charge is 2.40. The van der Waals surface area contributed by atoms with Crippen molar-refractivity contribution in [3.05, 3.63) is 41.5 Å². The van der Waals surface area contributed by atoms with Gasteiger partial charge in [-0.25, -0.2) is 22.8 Å². The van der Waals surface area contributed by atoms with Gasteiger partial charge < -0.3 is 19.9 Å². The first-order valence-electron chi connectivity index (χ1n) is 11.5. The second-order valence-corrected chi connectivity index (χ2v) is 11.0. The predicted octanol–water partition coefficient (Wildman–Crippen LogP) is 2.77. The number of nitrogens with zero attached hydrogens (tertiary/aromatic N) is 4. The van der Waals surface area contributed by atoms with Crippen molar-refractivity contribution in [3.8, 4) is 0 Å². The van der Waals surface area contributed by atoms with Gasteiger partial charge in [-0.1, -0.05) is 13.8 Å². The van der Waals surface area contributed by atoms with E-state index >= 15 is 0 Å². The number of nitrogens with one attached hydrogen (secondary N) is 1. The molecule has 1 N–H and O–H groups in total. The van der Waals surface area contributed by atoms with Crippen LogP contribution in [0.25, 0.3) is 0 Å². The fourth-order valence-electron chi connectivity index (χ4n) is 4.09. The molecule has 14 heteroatoms. The average molecular weight is 548 g/mol. The maximum absolute atomic E-state index is 14.1. The van der Waals surface area contributed by atoms with Crippen molar-refractivity contribution in [1.29, 1.82) is 0 Å². The van der Waals surface area contributed by atoms with E-state index in [1.165, 1.54) is 19.2 Å². The first kappa shape index (κ1) is 28.6. The van der Waals surface area contributed by atoms with Gasteiger partial charge in [0.05, 0.1) is 18.2 Å². The molecule has 1 aromatic carbocycles. The third-order valence-electron chi connectivity index (χ3n) is 6.01. The Balaban J connectivity index is 1.92. The first-order chi connectivity index (χ1) is 17.2. The summed E-state index contributed by atoms with van der Waals surface area (Å²) >= 11 is 0. The van der Waals surface area contributed by atoms with Gasteiger partial charge in [0, 0.05) is 51.4 Å². The van der Waals surface area contributed by atoms with E-state index in [1.54, 1.807) is 4.90 Å². The Hall–Kier alpha value is -3.00. The fraction of sp³-hybridized carbons (Fsp3) is 0.522. The molecular weight excluding hydrogens is 518 g/mol. The molecule has 1 aliphatic rings. The molecule has 0 bridgehead atoms. The van der Waals surface area contributed by atoms with Gasteiger partial charge in [-0.2, -0.15) is 13.2 Å². The number of amides is 1. The lowest BCUT2D eigenvalue weighted by atomic mass is 9.99. The Morgan fingerprint density at radius 3 is 2.57 bits per heavy atom. The van der Waals surface area contributed by atoms with Gasteiger partial charge in [-0.05, 0) is 24.1 Å². The SMILES string of the molecule is COCCNC(=O)c1cnc(N2CCN(c3ccc(F)c(S(C)(=O)=O)c3)C[C@H]2C(C)C)nc1C(F)(F)F. The number of sulfone groups is 1. The maximum atomic E-state index is 14.1. The average Bonchev–Trinajstić information content (AvgIpc) is 2.82. The molecule has 1 atom stereocenters. The third-order valence-corrected chi connectivity index (χ3v) is 7.12. The summed E-state index contributed by atoms with van der Waals surface area (Å²) in [6.07, 6.45) is -3.10. The van der Waals surface area contributed by atoms with Crippen molar-refractivity contribution in [1.82, 2.24) is 15.3 Å².